The van der Waals surface area contributed by atoms with Crippen molar-refractivity contribution in [3.63, 3.8) is 0 Å². The normalized spacial score (nSPS) is 11.3. The number of nitrogens with one attached hydrogen (secondary N) is 3. The van der Waals surface area contributed by atoms with Crippen LogP contribution in [-0.4, -0.2) is 30.4 Å². The van der Waals surface area contributed by atoms with Crippen LogP contribution in [0.15, 0.2) is 42.7 Å². The van der Waals surface area contributed by atoms with E-state index in [4.69, 9.17) is 0 Å². The van der Waals surface area contributed by atoms with Gasteiger partial charge in [-0.3, -0.25) is 9.59 Å². The highest BCUT2D eigenvalue weighted by molar-refractivity contribution is 6.24. The first kappa shape index (κ1) is 19.9. The monoisotopic (exact) mass is 403 g/mol. The van der Waals surface area contributed by atoms with Crippen LogP contribution in [0.25, 0.3) is 32.6 Å². The van der Waals surface area contributed by atoms with Gasteiger partial charge in [0.2, 0.25) is 5.91 Å². The number of para-hydroxylation sites is 1. The topological polar surface area (TPSA) is 77.9 Å². The molecule has 3 N–H and O–H groups in total. The van der Waals surface area contributed by atoms with Gasteiger partial charge in [0.15, 0.2) is 12.4 Å². The van der Waals surface area contributed by atoms with Crippen LogP contribution in [0.4, 0.5) is 0 Å². The van der Waals surface area contributed by atoms with E-state index in [0.29, 0.717) is 18.5 Å². The highest BCUT2D eigenvalue weighted by Crippen LogP contribution is 2.36. The van der Waals surface area contributed by atoms with Crippen LogP contribution < -0.4 is 15.2 Å². The van der Waals surface area contributed by atoms with Crippen LogP contribution in [0.1, 0.15) is 35.2 Å². The lowest BCUT2D eigenvalue weighted by atomic mass is 9.95. The zero-order valence-electron chi connectivity index (χ0n) is 17.6. The van der Waals surface area contributed by atoms with Gasteiger partial charge in [0.1, 0.15) is 7.05 Å². The number of amides is 2. The summed E-state index contributed by atoms with van der Waals surface area (Å²) in [6.45, 7) is 2.65. The zero-order chi connectivity index (χ0) is 21.3. The van der Waals surface area contributed by atoms with Crippen molar-refractivity contribution < 1.29 is 14.2 Å². The molecular weight excluding hydrogens is 376 g/mol. The maximum Gasteiger partial charge on any atom is 0.254 e. The highest BCUT2D eigenvalue weighted by atomic mass is 16.2. The van der Waals surface area contributed by atoms with E-state index in [1.54, 1.807) is 7.05 Å². The van der Waals surface area contributed by atoms with E-state index in [2.05, 4.69) is 34.8 Å². The molecule has 0 aliphatic carbocycles. The molecule has 2 amide bonds. The number of aryl methyl sites for hydroxylation is 2. The molecule has 2 aromatic carbocycles. The summed E-state index contributed by atoms with van der Waals surface area (Å²) in [6, 6.07) is 10.2. The van der Waals surface area contributed by atoms with Gasteiger partial charge in [0.25, 0.3) is 5.91 Å². The van der Waals surface area contributed by atoms with Crippen LogP contribution in [0.3, 0.4) is 0 Å². The smallest absolute Gasteiger partial charge is 0.254 e. The van der Waals surface area contributed by atoms with Gasteiger partial charge in [0, 0.05) is 47.8 Å². The third-order valence-corrected chi connectivity index (χ3v) is 5.73. The second-order valence-corrected chi connectivity index (χ2v) is 7.74. The first-order valence-electron chi connectivity index (χ1n) is 10.3. The van der Waals surface area contributed by atoms with Gasteiger partial charge in [-0.2, -0.15) is 0 Å². The zero-order valence-corrected chi connectivity index (χ0v) is 17.6. The molecule has 0 bridgehead atoms. The molecule has 0 fully saturated rings. The minimum atomic E-state index is -0.0923. The van der Waals surface area contributed by atoms with Crippen LogP contribution in [0, 0.1) is 6.92 Å². The van der Waals surface area contributed by atoms with Crippen molar-refractivity contribution in [2.24, 2.45) is 7.05 Å². The molecule has 6 nitrogen and oxygen atoms in total. The van der Waals surface area contributed by atoms with E-state index in [9.17, 15) is 9.59 Å². The Morgan fingerprint density at radius 2 is 1.87 bits per heavy atom. The summed E-state index contributed by atoms with van der Waals surface area (Å²) in [6.07, 6.45) is 6.02. The van der Waals surface area contributed by atoms with Crippen molar-refractivity contribution in [1.29, 1.82) is 0 Å². The Labute approximate surface area is 175 Å². The van der Waals surface area contributed by atoms with E-state index in [-0.39, 0.29) is 11.8 Å². The number of fused-ring (bicyclic) bond motifs is 4. The van der Waals surface area contributed by atoms with Crippen LogP contribution >= 0.6 is 0 Å². The molecule has 154 valence electrons. The van der Waals surface area contributed by atoms with Gasteiger partial charge in [-0.15, -0.1) is 0 Å². The lowest BCUT2D eigenvalue weighted by Gasteiger charge is -2.12. The lowest BCUT2D eigenvalue weighted by Crippen LogP contribution is -2.28. The van der Waals surface area contributed by atoms with Gasteiger partial charge >= 0.3 is 0 Å². The van der Waals surface area contributed by atoms with Gasteiger partial charge in [-0.1, -0.05) is 18.2 Å². The number of H-pyrrole nitrogens is 1. The number of unbranched alkanes of at least 4 members (excludes halogenated alkanes) is 1. The molecular formula is C24H27N4O2+. The first-order chi connectivity index (χ1) is 14.5. The third kappa shape index (κ3) is 3.49. The number of aromatic amines is 1. The average molecular weight is 404 g/mol. The standard InChI is InChI=1S/C24H26N4O2/c1-15-18-14-28(3)13-11-16(18)22(24(30)26-12-7-6-10-20(29)25-2)23-21(15)17-8-4-5-9-19(17)27-23/h4-5,8-9,11,13-14H,6-7,10,12H2,1-3H3,(H2,25,26,29,30)/p+1. The summed E-state index contributed by atoms with van der Waals surface area (Å²) in [4.78, 5) is 28.1. The van der Waals surface area contributed by atoms with E-state index >= 15 is 0 Å². The molecule has 0 aliphatic rings. The van der Waals surface area contributed by atoms with Gasteiger partial charge in [0.05, 0.1) is 16.5 Å². The molecule has 0 unspecified atom stereocenters. The molecule has 2 heterocycles. The summed E-state index contributed by atoms with van der Waals surface area (Å²) in [5.74, 6) is -0.0659. The van der Waals surface area contributed by atoms with Gasteiger partial charge in [-0.25, -0.2) is 4.57 Å². The minimum Gasteiger partial charge on any atom is -0.359 e. The number of pyridine rings is 1. The average Bonchev–Trinajstić information content (AvgIpc) is 3.13. The van der Waals surface area contributed by atoms with E-state index in [1.807, 2.05) is 42.1 Å². The Morgan fingerprint density at radius 1 is 1.07 bits per heavy atom. The Kier molecular flexibility index (Phi) is 5.40. The van der Waals surface area contributed by atoms with Gasteiger partial charge in [-0.05, 0) is 31.4 Å². The van der Waals surface area contributed by atoms with Crippen molar-refractivity contribution >= 4 is 44.4 Å². The number of hydrogen-bond donors (Lipinski definition) is 3. The molecule has 0 aliphatic heterocycles. The Hall–Kier alpha value is -3.41. The van der Waals surface area contributed by atoms with Crippen molar-refractivity contribution in [2.45, 2.75) is 26.2 Å². The summed E-state index contributed by atoms with van der Waals surface area (Å²) >= 11 is 0. The Morgan fingerprint density at radius 3 is 2.67 bits per heavy atom. The van der Waals surface area contributed by atoms with Crippen molar-refractivity contribution in [1.82, 2.24) is 15.6 Å². The molecule has 0 saturated carbocycles. The summed E-state index contributed by atoms with van der Waals surface area (Å²) in [7, 11) is 3.63. The largest absolute Gasteiger partial charge is 0.359 e. The third-order valence-electron chi connectivity index (χ3n) is 5.73. The number of carbonyl (C=O) groups is 2. The SMILES string of the molecule is CNC(=O)CCCCNC(=O)c1c2cc[n+](C)cc2c(C)c2c1[nH]c1ccccc12. The molecule has 0 spiro atoms. The molecule has 6 heteroatoms. The molecule has 0 atom stereocenters. The van der Waals surface area contributed by atoms with Crippen molar-refractivity contribution in [3.8, 4) is 0 Å². The fourth-order valence-electron chi connectivity index (χ4n) is 4.16. The van der Waals surface area contributed by atoms with E-state index in [1.165, 1.54) is 0 Å². The van der Waals surface area contributed by atoms with Crippen molar-refractivity contribution in [2.75, 3.05) is 13.6 Å². The predicted octanol–water partition coefficient (Wildman–Crippen LogP) is 3.25. The first-order valence-corrected chi connectivity index (χ1v) is 10.3. The number of hydrogen-bond acceptors (Lipinski definition) is 2. The van der Waals surface area contributed by atoms with E-state index in [0.717, 1.165) is 51.0 Å². The number of aromatic nitrogens is 2. The molecule has 4 rings (SSSR count). The minimum absolute atomic E-state index is 0.0264. The van der Waals surface area contributed by atoms with Crippen molar-refractivity contribution in [3.05, 3.63) is 53.9 Å². The Bertz CT molecular complexity index is 1270. The molecule has 0 radical (unpaired) electrons. The Balaban J connectivity index is 1.76. The summed E-state index contributed by atoms with van der Waals surface area (Å²) in [5, 5.41) is 9.90. The predicted molar refractivity (Wildman–Crippen MR) is 119 cm³/mol. The van der Waals surface area contributed by atoms with Crippen LogP contribution in [-0.2, 0) is 11.8 Å². The fraction of sp³-hybridized carbons (Fsp3) is 0.292. The summed E-state index contributed by atoms with van der Waals surface area (Å²) in [5.41, 5.74) is 3.73. The maximum atomic E-state index is 13.3. The molecule has 30 heavy (non-hydrogen) atoms. The number of rotatable bonds is 6. The van der Waals surface area contributed by atoms with Crippen LogP contribution in [0.2, 0.25) is 0 Å². The lowest BCUT2D eigenvalue weighted by molar-refractivity contribution is -0.670. The van der Waals surface area contributed by atoms with E-state index < -0.39 is 0 Å². The highest BCUT2D eigenvalue weighted by Gasteiger charge is 2.22. The van der Waals surface area contributed by atoms with Gasteiger partial charge < -0.3 is 15.6 Å². The number of benzene rings is 2. The second-order valence-electron chi connectivity index (χ2n) is 7.74. The maximum absolute atomic E-state index is 13.3. The number of nitrogens with zero attached hydrogens (tertiary/aromatic N) is 1. The quantitative estimate of drug-likeness (QED) is 0.341. The van der Waals surface area contributed by atoms with Crippen LogP contribution in [0.5, 0.6) is 0 Å². The fourth-order valence-corrected chi connectivity index (χ4v) is 4.16. The molecule has 4 aromatic rings. The second kappa shape index (κ2) is 8.14. The summed E-state index contributed by atoms with van der Waals surface area (Å²) < 4.78 is 2.01. The molecule has 0 saturated heterocycles. The number of carbonyl (C=O) groups excluding carboxylic acids is 2. The molecule has 2 aromatic heterocycles.